The predicted molar refractivity (Wildman–Crippen MR) is 100 cm³/mol. The highest BCUT2D eigenvalue weighted by Gasteiger charge is 2.12. The van der Waals surface area contributed by atoms with Gasteiger partial charge in [-0.1, -0.05) is 6.07 Å². The molecule has 1 N–H and O–H groups in total. The minimum atomic E-state index is -0.124. The van der Waals surface area contributed by atoms with Crippen LogP contribution in [0.15, 0.2) is 24.3 Å². The second kappa shape index (κ2) is 8.03. The van der Waals surface area contributed by atoms with Gasteiger partial charge in [0.1, 0.15) is 0 Å². The van der Waals surface area contributed by atoms with Crippen LogP contribution in [0.5, 0.6) is 11.5 Å². The van der Waals surface area contributed by atoms with Gasteiger partial charge in [-0.05, 0) is 44.0 Å². The van der Waals surface area contributed by atoms with E-state index in [2.05, 4.69) is 20.4 Å². The maximum Gasteiger partial charge on any atom is 0.252 e. The van der Waals surface area contributed by atoms with Crippen LogP contribution >= 0.6 is 0 Å². The fourth-order valence-electron chi connectivity index (χ4n) is 2.87. The fraction of sp³-hybridized carbons (Fsp3) is 0.368. The van der Waals surface area contributed by atoms with Gasteiger partial charge in [-0.2, -0.15) is 4.98 Å². The fourth-order valence-corrected chi connectivity index (χ4v) is 2.87. The Morgan fingerprint density at radius 2 is 1.89 bits per heavy atom. The van der Waals surface area contributed by atoms with Crippen LogP contribution in [0.1, 0.15) is 22.8 Å². The molecule has 3 aromatic rings. The minimum absolute atomic E-state index is 0.119. The van der Waals surface area contributed by atoms with Gasteiger partial charge >= 0.3 is 0 Å². The molecular formula is C19H23N5O3. The molecule has 0 saturated heterocycles. The van der Waals surface area contributed by atoms with Crippen LogP contribution in [0.2, 0.25) is 0 Å². The number of rotatable bonds is 7. The highest BCUT2D eigenvalue weighted by Crippen LogP contribution is 2.27. The van der Waals surface area contributed by atoms with Crippen molar-refractivity contribution in [2.45, 2.75) is 26.7 Å². The van der Waals surface area contributed by atoms with Gasteiger partial charge < -0.3 is 14.8 Å². The lowest BCUT2D eigenvalue weighted by Crippen LogP contribution is -2.27. The number of aromatic nitrogens is 4. The second-order valence-corrected chi connectivity index (χ2v) is 6.24. The van der Waals surface area contributed by atoms with Crippen molar-refractivity contribution in [3.8, 4) is 11.5 Å². The standard InChI is InChI=1S/C19H23N5O3/c1-12-9-13(2)24-19(21-12)22-17(23-24)11-18(25)20-8-7-14-5-6-15(26-3)16(10-14)27-4/h5-6,9-10H,7-8,11H2,1-4H3,(H,20,25). The first kappa shape index (κ1) is 18.6. The van der Waals surface area contributed by atoms with Crippen LogP contribution in [0.4, 0.5) is 0 Å². The first-order valence-electron chi connectivity index (χ1n) is 8.67. The van der Waals surface area contributed by atoms with E-state index in [9.17, 15) is 4.79 Å². The molecule has 0 unspecified atom stereocenters. The van der Waals surface area contributed by atoms with Crippen LogP contribution in [0.3, 0.4) is 0 Å². The minimum Gasteiger partial charge on any atom is -0.493 e. The lowest BCUT2D eigenvalue weighted by Gasteiger charge is -2.10. The third-order valence-electron chi connectivity index (χ3n) is 4.16. The molecular weight excluding hydrogens is 346 g/mol. The summed E-state index contributed by atoms with van der Waals surface area (Å²) in [6.07, 6.45) is 0.804. The van der Waals surface area contributed by atoms with Crippen LogP contribution in [0, 0.1) is 13.8 Å². The van der Waals surface area contributed by atoms with E-state index in [1.165, 1.54) is 0 Å². The maximum absolute atomic E-state index is 12.2. The van der Waals surface area contributed by atoms with Crippen LogP contribution in [-0.4, -0.2) is 46.3 Å². The Hall–Kier alpha value is -3.16. The SMILES string of the molecule is COc1ccc(CCNC(=O)Cc2nc3nc(C)cc(C)n3n2)cc1OC. The quantitative estimate of drug-likeness (QED) is 0.681. The zero-order valence-corrected chi connectivity index (χ0v) is 15.9. The van der Waals surface area contributed by atoms with E-state index >= 15 is 0 Å². The number of fused-ring (bicyclic) bond motifs is 1. The van der Waals surface area contributed by atoms with E-state index in [4.69, 9.17) is 9.47 Å². The van der Waals surface area contributed by atoms with Crippen molar-refractivity contribution in [1.29, 1.82) is 0 Å². The lowest BCUT2D eigenvalue weighted by atomic mass is 10.1. The summed E-state index contributed by atoms with van der Waals surface area (Å²) in [7, 11) is 3.20. The molecule has 1 aromatic carbocycles. The Balaban J connectivity index is 1.56. The zero-order valence-electron chi connectivity index (χ0n) is 15.9. The van der Waals surface area contributed by atoms with E-state index in [1.807, 2.05) is 38.1 Å². The van der Waals surface area contributed by atoms with Crippen LogP contribution in [-0.2, 0) is 17.6 Å². The van der Waals surface area contributed by atoms with E-state index in [1.54, 1.807) is 18.7 Å². The highest BCUT2D eigenvalue weighted by molar-refractivity contribution is 5.77. The smallest absolute Gasteiger partial charge is 0.252 e. The summed E-state index contributed by atoms with van der Waals surface area (Å²) in [5.74, 6) is 2.21. The number of carbonyl (C=O) groups is 1. The van der Waals surface area contributed by atoms with Gasteiger partial charge in [0.25, 0.3) is 5.78 Å². The Morgan fingerprint density at radius 3 is 2.63 bits per heavy atom. The predicted octanol–water partition coefficient (Wildman–Crippen LogP) is 1.66. The molecule has 27 heavy (non-hydrogen) atoms. The van der Waals surface area contributed by atoms with Crippen molar-refractivity contribution in [2.24, 2.45) is 0 Å². The molecule has 1 amide bonds. The number of carbonyl (C=O) groups excluding carboxylic acids is 1. The van der Waals surface area contributed by atoms with Gasteiger partial charge in [0.2, 0.25) is 5.91 Å². The molecule has 8 heteroatoms. The van der Waals surface area contributed by atoms with Crippen LogP contribution in [0.25, 0.3) is 5.78 Å². The zero-order chi connectivity index (χ0) is 19.4. The molecule has 142 valence electrons. The first-order valence-corrected chi connectivity index (χ1v) is 8.67. The number of ether oxygens (including phenoxy) is 2. The topological polar surface area (TPSA) is 90.6 Å². The Labute approximate surface area is 157 Å². The van der Waals surface area contributed by atoms with Gasteiger partial charge in [0.15, 0.2) is 17.3 Å². The molecule has 3 rings (SSSR count). The van der Waals surface area contributed by atoms with Crippen molar-refractivity contribution >= 4 is 11.7 Å². The van der Waals surface area contributed by atoms with E-state index in [0.717, 1.165) is 17.0 Å². The van der Waals surface area contributed by atoms with Gasteiger partial charge in [0.05, 0.1) is 20.6 Å². The molecule has 0 aliphatic heterocycles. The summed E-state index contributed by atoms with van der Waals surface area (Å²) >= 11 is 0. The number of methoxy groups -OCH3 is 2. The number of benzene rings is 1. The summed E-state index contributed by atoms with van der Waals surface area (Å²) in [4.78, 5) is 20.9. The van der Waals surface area contributed by atoms with Gasteiger partial charge in [-0.25, -0.2) is 9.50 Å². The van der Waals surface area contributed by atoms with E-state index in [0.29, 0.717) is 36.1 Å². The number of hydrogen-bond acceptors (Lipinski definition) is 6. The van der Waals surface area contributed by atoms with Gasteiger partial charge in [0, 0.05) is 17.9 Å². The summed E-state index contributed by atoms with van der Waals surface area (Å²) in [5.41, 5.74) is 2.86. The maximum atomic E-state index is 12.2. The Morgan fingerprint density at radius 1 is 1.11 bits per heavy atom. The summed E-state index contributed by atoms with van der Waals surface area (Å²) < 4.78 is 12.2. The molecule has 0 saturated carbocycles. The lowest BCUT2D eigenvalue weighted by molar-refractivity contribution is -0.120. The van der Waals surface area contributed by atoms with Gasteiger partial charge in [-0.3, -0.25) is 4.79 Å². The number of amides is 1. The molecule has 0 radical (unpaired) electrons. The van der Waals surface area contributed by atoms with Crippen LogP contribution < -0.4 is 14.8 Å². The van der Waals surface area contributed by atoms with E-state index in [-0.39, 0.29) is 12.3 Å². The Kier molecular flexibility index (Phi) is 5.54. The molecule has 0 atom stereocenters. The number of nitrogens with zero attached hydrogens (tertiary/aromatic N) is 4. The average Bonchev–Trinajstić information content (AvgIpc) is 3.04. The number of hydrogen-bond donors (Lipinski definition) is 1. The molecule has 0 spiro atoms. The van der Waals surface area contributed by atoms with Gasteiger partial charge in [-0.15, -0.1) is 5.10 Å². The largest absolute Gasteiger partial charge is 0.493 e. The summed E-state index contributed by atoms with van der Waals surface area (Å²) in [5, 5.41) is 7.25. The normalized spacial score (nSPS) is 10.8. The molecule has 0 bridgehead atoms. The third kappa shape index (κ3) is 4.33. The number of aryl methyl sites for hydroxylation is 2. The van der Waals surface area contributed by atoms with E-state index < -0.39 is 0 Å². The molecule has 2 aromatic heterocycles. The molecule has 0 aliphatic rings. The highest BCUT2D eigenvalue weighted by atomic mass is 16.5. The van der Waals surface area contributed by atoms with Crippen molar-refractivity contribution in [1.82, 2.24) is 24.9 Å². The van der Waals surface area contributed by atoms with Crippen molar-refractivity contribution in [3.63, 3.8) is 0 Å². The summed E-state index contributed by atoms with van der Waals surface area (Å²) in [6.45, 7) is 4.35. The second-order valence-electron chi connectivity index (χ2n) is 6.24. The van der Waals surface area contributed by atoms with Crippen molar-refractivity contribution in [3.05, 3.63) is 47.0 Å². The van der Waals surface area contributed by atoms with Crippen molar-refractivity contribution < 1.29 is 14.3 Å². The molecule has 2 heterocycles. The average molecular weight is 369 g/mol. The first-order chi connectivity index (χ1) is 13.0. The number of nitrogens with one attached hydrogen (secondary N) is 1. The Bertz CT molecular complexity index is 967. The third-order valence-corrected chi connectivity index (χ3v) is 4.16. The molecule has 0 aliphatic carbocycles. The van der Waals surface area contributed by atoms with Crippen molar-refractivity contribution in [2.75, 3.05) is 20.8 Å². The molecule has 0 fully saturated rings. The summed E-state index contributed by atoms with van der Waals surface area (Å²) in [6, 6.07) is 7.64. The monoisotopic (exact) mass is 369 g/mol. The molecule has 8 nitrogen and oxygen atoms in total.